The van der Waals surface area contributed by atoms with Crippen molar-refractivity contribution in [3.63, 3.8) is 0 Å². The molecule has 3 aromatic heterocycles. The molecule has 9 aromatic carbocycles. The molecule has 5 heteroatoms. The van der Waals surface area contributed by atoms with Crippen LogP contribution < -0.4 is 0 Å². The van der Waals surface area contributed by atoms with Gasteiger partial charge in [-0.25, -0.2) is 0 Å². The van der Waals surface area contributed by atoms with Crippen molar-refractivity contribution in [1.82, 2.24) is 13.7 Å². The van der Waals surface area contributed by atoms with Gasteiger partial charge in [0.05, 0.1) is 62.2 Å². The lowest BCUT2D eigenvalue weighted by molar-refractivity contribution is 0.462. The monoisotopic (exact) mass is 873 g/mol. The molecule has 3 heterocycles. The Bertz CT molecular complexity index is 3810. The van der Waals surface area contributed by atoms with E-state index in [1.165, 1.54) is 54.6 Å². The van der Waals surface area contributed by atoms with Gasteiger partial charge in [-0.15, -0.1) is 0 Å². The fourth-order valence-electron chi connectivity index (χ4n) is 11.3. The molecular formula is C63H47N5. The predicted molar refractivity (Wildman–Crippen MR) is 282 cm³/mol. The minimum Gasteiger partial charge on any atom is -0.330 e. The van der Waals surface area contributed by atoms with Crippen LogP contribution >= 0.6 is 0 Å². The first-order chi connectivity index (χ1) is 33.0. The van der Waals surface area contributed by atoms with E-state index < -0.39 is 5.54 Å². The minimum atomic E-state index is -0.811. The van der Waals surface area contributed by atoms with Crippen LogP contribution in [0.25, 0.3) is 99.0 Å². The molecule has 5 nitrogen and oxygen atoms in total. The molecule has 0 fully saturated rings. The van der Waals surface area contributed by atoms with E-state index in [0.29, 0.717) is 11.1 Å². The quantitative estimate of drug-likeness (QED) is 0.167. The second kappa shape index (κ2) is 15.2. The summed E-state index contributed by atoms with van der Waals surface area (Å²) >= 11 is 0. The molecule has 0 bridgehead atoms. The third-order valence-corrected chi connectivity index (χ3v) is 14.2. The summed E-state index contributed by atoms with van der Waals surface area (Å²) in [5.74, 6) is 0. The molecule has 0 unspecified atom stereocenters. The van der Waals surface area contributed by atoms with E-state index in [2.05, 4.69) is 207 Å². The van der Waals surface area contributed by atoms with Gasteiger partial charge in [0, 0.05) is 60.0 Å². The van der Waals surface area contributed by atoms with E-state index in [0.717, 1.165) is 72.3 Å². The summed E-state index contributed by atoms with van der Waals surface area (Å²) in [5, 5.41) is 28.1. The molecule has 0 saturated carbocycles. The lowest BCUT2D eigenvalue weighted by Crippen LogP contribution is -2.31. The first kappa shape index (κ1) is 40.8. The van der Waals surface area contributed by atoms with Crippen LogP contribution in [0.1, 0.15) is 52.8 Å². The Morgan fingerprint density at radius 3 is 1.10 bits per heavy atom. The first-order valence-electron chi connectivity index (χ1n) is 23.3. The van der Waals surface area contributed by atoms with Crippen molar-refractivity contribution in [2.45, 2.75) is 47.1 Å². The lowest BCUT2D eigenvalue weighted by atomic mass is 9.82. The van der Waals surface area contributed by atoms with E-state index in [-0.39, 0.29) is 0 Å². The Kier molecular flexibility index (Phi) is 9.13. The molecule has 0 radical (unpaired) electrons. The van der Waals surface area contributed by atoms with Gasteiger partial charge in [0.25, 0.3) is 0 Å². The Morgan fingerprint density at radius 1 is 0.368 bits per heavy atom. The molecule has 0 N–H and O–H groups in total. The smallest absolute Gasteiger partial charge is 0.0991 e. The fourth-order valence-corrected chi connectivity index (χ4v) is 11.3. The molecule has 12 aromatic rings. The van der Waals surface area contributed by atoms with E-state index in [9.17, 15) is 10.5 Å². The van der Waals surface area contributed by atoms with Crippen LogP contribution in [0.3, 0.4) is 0 Å². The Morgan fingerprint density at radius 2 is 0.735 bits per heavy atom. The third kappa shape index (κ3) is 6.06. The van der Waals surface area contributed by atoms with Gasteiger partial charge < -0.3 is 13.7 Å². The van der Waals surface area contributed by atoms with Crippen LogP contribution in [-0.2, 0) is 5.54 Å². The van der Waals surface area contributed by atoms with Crippen molar-refractivity contribution in [2.75, 3.05) is 0 Å². The highest BCUT2D eigenvalue weighted by Crippen LogP contribution is 2.52. The normalized spacial score (nSPS) is 11.9. The van der Waals surface area contributed by atoms with Crippen molar-refractivity contribution < 1.29 is 0 Å². The SMILES string of the molecule is Cc1ccc2c(c1)c1cc(C)ccc1n2-c1c(-c2cccc(C#N)c2)cc(-c2cccc(C#N)c2)c(-n2c3ccc(C)cc3c3cc(C)ccc32)c1C(C)(C)n1c2ccccc2c2ccccc21. The molecule has 68 heavy (non-hydrogen) atoms. The molecule has 0 amide bonds. The van der Waals surface area contributed by atoms with E-state index in [1.807, 2.05) is 36.4 Å². The second-order valence-electron chi connectivity index (χ2n) is 19.1. The van der Waals surface area contributed by atoms with Crippen molar-refractivity contribution in [3.05, 3.63) is 215 Å². The maximum absolute atomic E-state index is 10.5. The number of nitriles is 2. The van der Waals surface area contributed by atoms with Gasteiger partial charge in [0.15, 0.2) is 0 Å². The second-order valence-corrected chi connectivity index (χ2v) is 19.1. The van der Waals surface area contributed by atoms with Crippen molar-refractivity contribution >= 4 is 65.4 Å². The average Bonchev–Trinajstić information content (AvgIpc) is 3.98. The lowest BCUT2D eigenvalue weighted by Gasteiger charge is -2.37. The van der Waals surface area contributed by atoms with Crippen molar-refractivity contribution in [3.8, 4) is 45.8 Å². The summed E-state index contributed by atoms with van der Waals surface area (Å²) in [6.45, 7) is 13.4. The van der Waals surface area contributed by atoms with Crippen LogP contribution in [-0.4, -0.2) is 13.7 Å². The topological polar surface area (TPSA) is 62.4 Å². The highest BCUT2D eigenvalue weighted by atomic mass is 15.1. The summed E-state index contributed by atoms with van der Waals surface area (Å²) in [5.41, 5.74) is 18.6. The fraction of sp³-hybridized carbons (Fsp3) is 0.111. The van der Waals surface area contributed by atoms with E-state index >= 15 is 0 Å². The number of aryl methyl sites for hydroxylation is 4. The van der Waals surface area contributed by atoms with Crippen LogP contribution in [0.5, 0.6) is 0 Å². The number of hydrogen-bond acceptors (Lipinski definition) is 2. The number of benzene rings is 9. The zero-order valence-electron chi connectivity index (χ0n) is 39.0. The number of para-hydroxylation sites is 2. The molecule has 0 aliphatic carbocycles. The summed E-state index contributed by atoms with van der Waals surface area (Å²) in [6.07, 6.45) is 0. The van der Waals surface area contributed by atoms with Gasteiger partial charge in [-0.05, 0) is 144 Å². The van der Waals surface area contributed by atoms with Gasteiger partial charge >= 0.3 is 0 Å². The average molecular weight is 874 g/mol. The standard InChI is InChI=1S/C63H47N5/c1-38-21-25-54-50(29-38)51-30-39(2)22-26-55(51)66(54)61-48(44-15-11-13-42(33-44)36-64)35-49(45-16-12-14-43(34-45)37-65)62(67-56-27-23-40(3)31-52(56)53-32-41(4)24-28-57(53)67)60(61)63(5,6)68-58-19-9-7-17-46(58)47-18-8-10-20-59(47)68/h7-35H,1-6H3. The van der Waals surface area contributed by atoms with Crippen LogP contribution in [0.4, 0.5) is 0 Å². The van der Waals surface area contributed by atoms with Gasteiger partial charge in [0.2, 0.25) is 0 Å². The molecular weight excluding hydrogens is 827 g/mol. The molecule has 0 aliphatic rings. The molecule has 324 valence electrons. The molecule has 0 aliphatic heterocycles. The number of fused-ring (bicyclic) bond motifs is 9. The van der Waals surface area contributed by atoms with Crippen molar-refractivity contribution in [2.24, 2.45) is 0 Å². The minimum absolute atomic E-state index is 0.579. The summed E-state index contributed by atoms with van der Waals surface area (Å²) in [6, 6.07) is 68.2. The van der Waals surface area contributed by atoms with Gasteiger partial charge in [0.1, 0.15) is 0 Å². The maximum atomic E-state index is 10.5. The highest BCUT2D eigenvalue weighted by Gasteiger charge is 2.38. The van der Waals surface area contributed by atoms with Crippen molar-refractivity contribution in [1.29, 1.82) is 10.5 Å². The zero-order valence-corrected chi connectivity index (χ0v) is 39.0. The third-order valence-electron chi connectivity index (χ3n) is 14.2. The Labute approximate surface area is 395 Å². The predicted octanol–water partition coefficient (Wildman–Crippen LogP) is 16.1. The van der Waals surface area contributed by atoms with Crippen LogP contribution in [0.2, 0.25) is 0 Å². The highest BCUT2D eigenvalue weighted by molar-refractivity contribution is 6.14. The van der Waals surface area contributed by atoms with E-state index in [1.54, 1.807) is 0 Å². The Hall–Kier alpha value is -8.64. The number of rotatable bonds is 6. The molecule has 0 saturated heterocycles. The number of aromatic nitrogens is 3. The molecule has 0 spiro atoms. The summed E-state index contributed by atoms with van der Waals surface area (Å²) in [4.78, 5) is 0. The van der Waals surface area contributed by atoms with Gasteiger partial charge in [-0.1, -0.05) is 107 Å². The summed E-state index contributed by atoms with van der Waals surface area (Å²) in [7, 11) is 0. The zero-order chi connectivity index (χ0) is 46.6. The van der Waals surface area contributed by atoms with Crippen LogP contribution in [0.15, 0.2) is 176 Å². The van der Waals surface area contributed by atoms with Gasteiger partial charge in [-0.2, -0.15) is 10.5 Å². The summed E-state index contributed by atoms with van der Waals surface area (Å²) < 4.78 is 7.56. The number of hydrogen-bond donors (Lipinski definition) is 0. The van der Waals surface area contributed by atoms with Gasteiger partial charge in [-0.3, -0.25) is 0 Å². The molecule has 12 rings (SSSR count). The first-order valence-corrected chi connectivity index (χ1v) is 23.3. The van der Waals surface area contributed by atoms with E-state index in [4.69, 9.17) is 0 Å². The largest absolute Gasteiger partial charge is 0.330 e. The van der Waals surface area contributed by atoms with Crippen LogP contribution in [0, 0.1) is 50.4 Å². The Balaban J connectivity index is 1.42. The number of nitrogens with zero attached hydrogens (tertiary/aromatic N) is 5. The molecule has 0 atom stereocenters. The maximum Gasteiger partial charge on any atom is 0.0991 e.